The molecule has 1 aromatic rings. The van der Waals surface area contributed by atoms with Crippen LogP contribution in [0.15, 0.2) is 5.38 Å². The maximum Gasteiger partial charge on any atom is 0.271 e. The van der Waals surface area contributed by atoms with Gasteiger partial charge in [0.25, 0.3) is 5.91 Å². The Morgan fingerprint density at radius 3 is 3.19 bits per heavy atom. The molecule has 2 unspecified atom stereocenters. The summed E-state index contributed by atoms with van der Waals surface area (Å²) in [7, 11) is 0. The predicted molar refractivity (Wildman–Crippen MR) is 84.2 cm³/mol. The molecule has 1 aromatic heterocycles. The molecule has 2 heterocycles. The van der Waals surface area contributed by atoms with E-state index in [4.69, 9.17) is 15.2 Å². The second kappa shape index (κ2) is 9.32. The van der Waals surface area contributed by atoms with Gasteiger partial charge < -0.3 is 20.5 Å². The van der Waals surface area contributed by atoms with Crippen molar-refractivity contribution in [3.63, 3.8) is 0 Å². The molecule has 1 fully saturated rings. The highest BCUT2D eigenvalue weighted by molar-refractivity contribution is 7.09. The molecular weight excluding hydrogens is 314 g/mol. The van der Waals surface area contributed by atoms with E-state index < -0.39 is 0 Å². The van der Waals surface area contributed by atoms with Crippen LogP contribution in [0.1, 0.15) is 28.8 Å². The lowest BCUT2D eigenvalue weighted by atomic mass is 10.3. The van der Waals surface area contributed by atoms with Crippen LogP contribution in [0.3, 0.4) is 0 Å². The van der Waals surface area contributed by atoms with E-state index in [0.29, 0.717) is 31.9 Å². The summed E-state index contributed by atoms with van der Waals surface area (Å²) in [6, 6.07) is -0.0530. The summed E-state index contributed by atoms with van der Waals surface area (Å²) in [6.07, 6.45) is 1.79. The summed E-state index contributed by atoms with van der Waals surface area (Å²) in [5, 5.41) is 5.54. The average molecular weight is 336 g/mol. The largest absolute Gasteiger partial charge is 0.379 e. The van der Waals surface area contributed by atoms with Gasteiger partial charge in [0, 0.05) is 24.4 Å². The number of carbonyl (C=O) groups is 1. The number of nitrogens with zero attached hydrogens (tertiary/aromatic N) is 1. The molecule has 0 saturated carbocycles. The Balaban J connectivity index is 0.00000220. The van der Waals surface area contributed by atoms with Crippen molar-refractivity contribution in [3.05, 3.63) is 16.1 Å². The van der Waals surface area contributed by atoms with Crippen LogP contribution in [0.5, 0.6) is 0 Å². The number of amides is 1. The molecule has 8 heteroatoms. The quantitative estimate of drug-likeness (QED) is 0.776. The molecule has 1 aliphatic rings. The van der Waals surface area contributed by atoms with E-state index in [-0.39, 0.29) is 30.5 Å². The van der Waals surface area contributed by atoms with Crippen molar-refractivity contribution in [2.24, 2.45) is 5.73 Å². The first kappa shape index (κ1) is 18.3. The van der Waals surface area contributed by atoms with Crippen LogP contribution >= 0.6 is 23.7 Å². The van der Waals surface area contributed by atoms with Gasteiger partial charge >= 0.3 is 0 Å². The van der Waals surface area contributed by atoms with Crippen molar-refractivity contribution < 1.29 is 14.3 Å². The van der Waals surface area contributed by atoms with Crippen molar-refractivity contribution in [1.82, 2.24) is 10.3 Å². The van der Waals surface area contributed by atoms with Crippen LogP contribution < -0.4 is 11.1 Å². The topological polar surface area (TPSA) is 86.5 Å². The van der Waals surface area contributed by atoms with Crippen LogP contribution in [0.2, 0.25) is 0 Å². The van der Waals surface area contributed by atoms with E-state index >= 15 is 0 Å². The molecule has 0 spiro atoms. The normalized spacial score (nSPS) is 19.0. The van der Waals surface area contributed by atoms with Crippen molar-refractivity contribution >= 4 is 29.7 Å². The number of hydrogen-bond donors (Lipinski definition) is 2. The summed E-state index contributed by atoms with van der Waals surface area (Å²) in [6.45, 7) is 4.35. The Kier molecular flexibility index (Phi) is 8.13. The first-order valence-electron chi connectivity index (χ1n) is 6.83. The number of thiazole rings is 1. The molecule has 3 N–H and O–H groups in total. The molecule has 120 valence electrons. The second-order valence-corrected chi connectivity index (χ2v) is 5.80. The molecule has 1 aliphatic heterocycles. The Labute approximate surface area is 134 Å². The number of hydrogen-bond acceptors (Lipinski definition) is 6. The summed E-state index contributed by atoms with van der Waals surface area (Å²) >= 11 is 1.46. The zero-order chi connectivity index (χ0) is 14.4. The molecule has 0 aromatic carbocycles. The minimum atomic E-state index is -0.164. The van der Waals surface area contributed by atoms with Crippen LogP contribution in [0.25, 0.3) is 0 Å². The summed E-state index contributed by atoms with van der Waals surface area (Å²) < 4.78 is 10.9. The average Bonchev–Trinajstić information content (AvgIpc) is 3.08. The minimum absolute atomic E-state index is 0. The van der Waals surface area contributed by atoms with E-state index in [1.807, 2.05) is 6.92 Å². The van der Waals surface area contributed by atoms with Gasteiger partial charge in [0.15, 0.2) is 0 Å². The number of nitrogens with one attached hydrogen (secondary N) is 1. The Morgan fingerprint density at radius 2 is 2.52 bits per heavy atom. The van der Waals surface area contributed by atoms with Crippen LogP contribution in [-0.2, 0) is 15.9 Å². The van der Waals surface area contributed by atoms with Gasteiger partial charge in [-0.15, -0.1) is 23.7 Å². The van der Waals surface area contributed by atoms with Gasteiger partial charge in [0.05, 0.1) is 24.3 Å². The van der Waals surface area contributed by atoms with Crippen molar-refractivity contribution in [3.8, 4) is 0 Å². The van der Waals surface area contributed by atoms with Crippen molar-refractivity contribution in [2.75, 3.05) is 26.4 Å². The minimum Gasteiger partial charge on any atom is -0.379 e. The molecule has 2 atom stereocenters. The van der Waals surface area contributed by atoms with Gasteiger partial charge in [-0.3, -0.25) is 4.79 Å². The second-order valence-electron chi connectivity index (χ2n) is 4.86. The van der Waals surface area contributed by atoms with E-state index in [2.05, 4.69) is 10.3 Å². The number of ether oxygens (including phenoxy) is 2. The maximum absolute atomic E-state index is 12.0. The zero-order valence-electron chi connectivity index (χ0n) is 12.0. The number of rotatable bonds is 7. The highest BCUT2D eigenvalue weighted by atomic mass is 35.5. The fourth-order valence-corrected chi connectivity index (χ4v) is 2.71. The predicted octanol–water partition coefficient (Wildman–Crippen LogP) is 0.990. The van der Waals surface area contributed by atoms with Crippen LogP contribution in [0, 0.1) is 0 Å². The monoisotopic (exact) mass is 335 g/mol. The Hall–Kier alpha value is -0.730. The fourth-order valence-electron chi connectivity index (χ4n) is 1.92. The van der Waals surface area contributed by atoms with Gasteiger partial charge in [0.1, 0.15) is 5.69 Å². The standard InChI is InChI=1S/C13H21N3O3S.ClH/c1-9(6-19-10-3-5-18-7-10)15-13(17)11-8-20-12(16-11)2-4-14;/h8-10H,2-7,14H2,1H3,(H,15,17);1H. The Bertz CT molecular complexity index is 438. The van der Waals surface area contributed by atoms with Gasteiger partial charge in [-0.1, -0.05) is 0 Å². The maximum atomic E-state index is 12.0. The molecular formula is C13H22ClN3O3S. The van der Waals surface area contributed by atoms with E-state index in [1.54, 1.807) is 5.38 Å². The molecule has 21 heavy (non-hydrogen) atoms. The summed E-state index contributed by atoms with van der Waals surface area (Å²) in [5.74, 6) is -0.164. The third kappa shape index (κ3) is 5.88. The molecule has 1 amide bonds. The van der Waals surface area contributed by atoms with E-state index in [0.717, 1.165) is 18.0 Å². The number of halogens is 1. The first-order valence-corrected chi connectivity index (χ1v) is 7.71. The van der Waals surface area contributed by atoms with Crippen molar-refractivity contribution in [2.45, 2.75) is 31.9 Å². The Morgan fingerprint density at radius 1 is 1.71 bits per heavy atom. The SMILES string of the molecule is CC(COC1CCOC1)NC(=O)c1csc(CCN)n1.Cl. The fraction of sp³-hybridized carbons (Fsp3) is 0.692. The highest BCUT2D eigenvalue weighted by Gasteiger charge is 2.18. The van der Waals surface area contributed by atoms with E-state index in [1.165, 1.54) is 11.3 Å². The molecule has 0 aliphatic carbocycles. The summed E-state index contributed by atoms with van der Waals surface area (Å²) in [4.78, 5) is 16.2. The van der Waals surface area contributed by atoms with Gasteiger partial charge in [-0.05, 0) is 19.9 Å². The molecule has 0 bridgehead atoms. The van der Waals surface area contributed by atoms with Gasteiger partial charge in [-0.2, -0.15) is 0 Å². The van der Waals surface area contributed by atoms with Crippen LogP contribution in [0.4, 0.5) is 0 Å². The van der Waals surface area contributed by atoms with E-state index in [9.17, 15) is 4.79 Å². The molecule has 6 nitrogen and oxygen atoms in total. The summed E-state index contributed by atoms with van der Waals surface area (Å²) in [5.41, 5.74) is 5.92. The van der Waals surface area contributed by atoms with Crippen molar-refractivity contribution in [1.29, 1.82) is 0 Å². The highest BCUT2D eigenvalue weighted by Crippen LogP contribution is 2.11. The zero-order valence-corrected chi connectivity index (χ0v) is 13.7. The number of aromatic nitrogens is 1. The molecule has 0 radical (unpaired) electrons. The lowest BCUT2D eigenvalue weighted by molar-refractivity contribution is 0.0318. The third-order valence-corrected chi connectivity index (χ3v) is 3.90. The lowest BCUT2D eigenvalue weighted by Crippen LogP contribution is -2.37. The number of carbonyl (C=O) groups excluding carboxylic acids is 1. The molecule has 1 saturated heterocycles. The van der Waals surface area contributed by atoms with Gasteiger partial charge in [-0.25, -0.2) is 4.98 Å². The van der Waals surface area contributed by atoms with Gasteiger partial charge in [0.2, 0.25) is 0 Å². The third-order valence-electron chi connectivity index (χ3n) is 2.99. The molecule has 2 rings (SSSR count). The first-order chi connectivity index (χ1) is 9.69. The lowest BCUT2D eigenvalue weighted by Gasteiger charge is -2.16. The smallest absolute Gasteiger partial charge is 0.271 e. The number of nitrogens with two attached hydrogens (primary N) is 1. The van der Waals surface area contributed by atoms with Crippen LogP contribution in [-0.4, -0.2) is 49.4 Å².